The number of hydrogen-bond donors (Lipinski definition) is 1. The summed E-state index contributed by atoms with van der Waals surface area (Å²) in [6.07, 6.45) is 0.798. The van der Waals surface area contributed by atoms with Gasteiger partial charge in [-0.15, -0.1) is 0 Å². The molecule has 1 aliphatic heterocycles. The van der Waals surface area contributed by atoms with Gasteiger partial charge in [0.25, 0.3) is 0 Å². The summed E-state index contributed by atoms with van der Waals surface area (Å²) in [6.45, 7) is 2.37. The van der Waals surface area contributed by atoms with Gasteiger partial charge >= 0.3 is 5.97 Å². The lowest BCUT2D eigenvalue weighted by Crippen LogP contribution is -2.33. The molecule has 1 N–H and O–H groups in total. The lowest BCUT2D eigenvalue weighted by atomic mass is 10.4. The maximum Gasteiger partial charge on any atom is 0.371 e. The highest BCUT2D eigenvalue weighted by atomic mass is 32.2. The molecule has 0 spiro atoms. The minimum atomic E-state index is -3.67. The van der Waals surface area contributed by atoms with Crippen molar-refractivity contribution in [3.63, 3.8) is 0 Å². The molecule has 2 rings (SSSR count). The van der Waals surface area contributed by atoms with Gasteiger partial charge < -0.3 is 9.52 Å². The van der Waals surface area contributed by atoms with Gasteiger partial charge in [-0.05, 0) is 19.1 Å². The maximum atomic E-state index is 12.5. The molecule has 1 fully saturated rings. The average molecular weight is 305 g/mol. The van der Waals surface area contributed by atoms with Crippen molar-refractivity contribution in [2.75, 3.05) is 24.6 Å². The van der Waals surface area contributed by atoms with Crippen molar-refractivity contribution in [2.24, 2.45) is 0 Å². The molecule has 1 aromatic heterocycles. The highest BCUT2D eigenvalue weighted by Gasteiger charge is 2.30. The lowest BCUT2D eigenvalue weighted by molar-refractivity contribution is 0.0661. The van der Waals surface area contributed by atoms with Gasteiger partial charge in [-0.2, -0.15) is 16.1 Å². The van der Waals surface area contributed by atoms with E-state index in [4.69, 9.17) is 9.52 Å². The second-order valence-electron chi connectivity index (χ2n) is 4.21. The van der Waals surface area contributed by atoms with E-state index in [0.29, 0.717) is 13.1 Å². The number of furan rings is 1. The quantitative estimate of drug-likeness (QED) is 0.908. The van der Waals surface area contributed by atoms with E-state index in [1.54, 1.807) is 11.8 Å². The Morgan fingerprint density at radius 2 is 2.16 bits per heavy atom. The van der Waals surface area contributed by atoms with E-state index in [-0.39, 0.29) is 16.4 Å². The van der Waals surface area contributed by atoms with Crippen LogP contribution in [0.15, 0.2) is 15.4 Å². The summed E-state index contributed by atoms with van der Waals surface area (Å²) in [7, 11) is -3.67. The molecular weight excluding hydrogens is 290 g/mol. The second kappa shape index (κ2) is 5.56. The van der Waals surface area contributed by atoms with Crippen molar-refractivity contribution in [1.82, 2.24) is 4.31 Å². The molecule has 8 heteroatoms. The van der Waals surface area contributed by atoms with Crippen LogP contribution in [0.1, 0.15) is 22.7 Å². The molecule has 0 unspecified atom stereocenters. The minimum absolute atomic E-state index is 0.0446. The Bertz CT molecular complexity index is 570. The maximum absolute atomic E-state index is 12.5. The van der Waals surface area contributed by atoms with Gasteiger partial charge in [0.1, 0.15) is 10.7 Å². The summed E-state index contributed by atoms with van der Waals surface area (Å²) < 4.78 is 31.3. The molecule has 2 heterocycles. The summed E-state index contributed by atoms with van der Waals surface area (Å²) in [4.78, 5) is 10.8. The third-order valence-electron chi connectivity index (χ3n) is 2.88. The van der Waals surface area contributed by atoms with E-state index in [1.165, 1.54) is 11.2 Å². The van der Waals surface area contributed by atoms with Gasteiger partial charge in [-0.3, -0.25) is 0 Å². The Morgan fingerprint density at radius 1 is 1.42 bits per heavy atom. The zero-order valence-electron chi connectivity index (χ0n) is 10.5. The van der Waals surface area contributed by atoms with Crippen LogP contribution >= 0.6 is 11.8 Å². The second-order valence-corrected chi connectivity index (χ2v) is 7.34. The molecule has 19 heavy (non-hydrogen) atoms. The van der Waals surface area contributed by atoms with Crippen molar-refractivity contribution in [3.8, 4) is 0 Å². The number of carboxylic acid groups (broad SMARTS) is 1. The molecule has 0 saturated carbocycles. The fraction of sp³-hybridized carbons (Fsp3) is 0.545. The molecule has 106 valence electrons. The van der Waals surface area contributed by atoms with Gasteiger partial charge in [-0.25, -0.2) is 13.2 Å². The van der Waals surface area contributed by atoms with E-state index in [0.717, 1.165) is 24.0 Å². The molecule has 1 aliphatic rings. The molecule has 0 radical (unpaired) electrons. The number of carbonyl (C=O) groups is 1. The largest absolute Gasteiger partial charge is 0.475 e. The Hall–Kier alpha value is -0.990. The SMILES string of the molecule is Cc1oc(C(=O)O)cc1S(=O)(=O)N1CCCSCC1. The number of aromatic carboxylic acids is 1. The third-order valence-corrected chi connectivity index (χ3v) is 5.94. The smallest absolute Gasteiger partial charge is 0.371 e. The molecule has 0 atom stereocenters. The number of nitrogens with zero attached hydrogens (tertiary/aromatic N) is 1. The molecule has 0 aliphatic carbocycles. The Morgan fingerprint density at radius 3 is 2.79 bits per heavy atom. The number of rotatable bonds is 3. The van der Waals surface area contributed by atoms with Crippen molar-refractivity contribution in [1.29, 1.82) is 0 Å². The van der Waals surface area contributed by atoms with Crippen molar-refractivity contribution < 1.29 is 22.7 Å². The van der Waals surface area contributed by atoms with Crippen LogP contribution < -0.4 is 0 Å². The van der Waals surface area contributed by atoms with E-state index < -0.39 is 16.0 Å². The van der Waals surface area contributed by atoms with E-state index in [2.05, 4.69) is 0 Å². The summed E-state index contributed by atoms with van der Waals surface area (Å²) in [5.41, 5.74) is 0. The van der Waals surface area contributed by atoms with Crippen LogP contribution in [0.5, 0.6) is 0 Å². The molecular formula is C11H15NO5S2. The Balaban J connectivity index is 2.35. The monoisotopic (exact) mass is 305 g/mol. The molecule has 0 amide bonds. The van der Waals surface area contributed by atoms with Crippen LogP contribution in [0.4, 0.5) is 0 Å². The summed E-state index contributed by atoms with van der Waals surface area (Å²) in [5.74, 6) is 0.198. The van der Waals surface area contributed by atoms with E-state index >= 15 is 0 Å². The summed E-state index contributed by atoms with van der Waals surface area (Å²) in [6, 6.07) is 1.09. The van der Waals surface area contributed by atoms with Crippen molar-refractivity contribution in [3.05, 3.63) is 17.6 Å². The first-order valence-corrected chi connectivity index (χ1v) is 8.44. The number of carboxylic acids is 1. The van der Waals surface area contributed by atoms with Crippen LogP contribution in [0.25, 0.3) is 0 Å². The predicted molar refractivity (Wildman–Crippen MR) is 71.1 cm³/mol. The van der Waals surface area contributed by atoms with Crippen LogP contribution in [-0.2, 0) is 10.0 Å². The fourth-order valence-corrected chi connectivity index (χ4v) is 4.57. The van der Waals surface area contributed by atoms with Crippen LogP contribution in [-0.4, -0.2) is 48.4 Å². The van der Waals surface area contributed by atoms with Crippen molar-refractivity contribution in [2.45, 2.75) is 18.2 Å². The minimum Gasteiger partial charge on any atom is -0.475 e. The zero-order valence-corrected chi connectivity index (χ0v) is 12.1. The zero-order chi connectivity index (χ0) is 14.0. The number of sulfonamides is 1. The van der Waals surface area contributed by atoms with Crippen LogP contribution in [0, 0.1) is 6.92 Å². The van der Waals surface area contributed by atoms with Gasteiger partial charge in [-0.1, -0.05) is 0 Å². The predicted octanol–water partition coefficient (Wildman–Crippen LogP) is 1.41. The first-order valence-electron chi connectivity index (χ1n) is 5.84. The highest BCUT2D eigenvalue weighted by Crippen LogP contribution is 2.25. The van der Waals surface area contributed by atoms with Gasteiger partial charge in [0.05, 0.1) is 0 Å². The average Bonchev–Trinajstić information content (AvgIpc) is 2.59. The number of thioether (sulfide) groups is 1. The number of hydrogen-bond acceptors (Lipinski definition) is 5. The third kappa shape index (κ3) is 2.96. The van der Waals surface area contributed by atoms with Crippen LogP contribution in [0.3, 0.4) is 0 Å². The fourth-order valence-electron chi connectivity index (χ4n) is 1.93. The first-order chi connectivity index (χ1) is 8.93. The first kappa shape index (κ1) is 14.4. The van der Waals surface area contributed by atoms with E-state index in [9.17, 15) is 13.2 Å². The normalized spacial score (nSPS) is 18.2. The van der Waals surface area contributed by atoms with E-state index in [1.807, 2.05) is 0 Å². The van der Waals surface area contributed by atoms with Gasteiger partial charge in [0, 0.05) is 24.9 Å². The Kier molecular flexibility index (Phi) is 4.22. The lowest BCUT2D eigenvalue weighted by Gasteiger charge is -2.18. The molecule has 0 aromatic carbocycles. The molecule has 6 nitrogen and oxygen atoms in total. The topological polar surface area (TPSA) is 87.8 Å². The molecule has 0 bridgehead atoms. The molecule has 1 saturated heterocycles. The Labute approximate surface area is 115 Å². The highest BCUT2D eigenvalue weighted by molar-refractivity contribution is 7.99. The standard InChI is InChI=1S/C11H15NO5S2/c1-8-10(7-9(17-8)11(13)14)19(15,16)12-3-2-5-18-6-4-12/h7H,2-6H2,1H3,(H,13,14). The van der Waals surface area contributed by atoms with Gasteiger partial charge in [0.2, 0.25) is 15.8 Å². The summed E-state index contributed by atoms with van der Waals surface area (Å²) >= 11 is 1.72. The summed E-state index contributed by atoms with van der Waals surface area (Å²) in [5, 5.41) is 8.84. The van der Waals surface area contributed by atoms with Gasteiger partial charge in [0.15, 0.2) is 0 Å². The van der Waals surface area contributed by atoms with Crippen LogP contribution in [0.2, 0.25) is 0 Å². The molecule has 1 aromatic rings. The van der Waals surface area contributed by atoms with Crippen molar-refractivity contribution >= 4 is 27.8 Å². The number of aryl methyl sites for hydroxylation is 1.